The molecule has 0 aromatic rings. The van der Waals surface area contributed by atoms with Crippen LogP contribution in [0.3, 0.4) is 0 Å². The molecule has 0 spiro atoms. The molecule has 2 unspecified atom stereocenters. The van der Waals surface area contributed by atoms with Gasteiger partial charge >= 0.3 is 0 Å². The molecule has 0 radical (unpaired) electrons. The quantitative estimate of drug-likeness (QED) is 0.468. The lowest BCUT2D eigenvalue weighted by molar-refractivity contribution is -0.128. The number of aldehydes is 1. The molecule has 2 heteroatoms. The van der Waals surface area contributed by atoms with Gasteiger partial charge in [-0.1, -0.05) is 0 Å². The van der Waals surface area contributed by atoms with E-state index in [0.29, 0.717) is 0 Å². The number of rotatable bonds is 1. The van der Waals surface area contributed by atoms with E-state index in [1.54, 1.807) is 0 Å². The number of carbonyl (C=O) groups excluding carboxylic acids is 1. The van der Waals surface area contributed by atoms with Gasteiger partial charge in [-0.3, -0.25) is 0 Å². The Bertz CT molecular complexity index is 247. The van der Waals surface area contributed by atoms with Crippen LogP contribution >= 0.6 is 11.6 Å². The highest BCUT2D eigenvalue weighted by molar-refractivity contribution is 6.24. The Labute approximate surface area is 83.8 Å². The Morgan fingerprint density at radius 1 is 1.15 bits per heavy atom. The Kier molecular flexibility index (Phi) is 1.47. The van der Waals surface area contributed by atoms with Crippen LogP contribution in [-0.4, -0.2) is 11.2 Å². The van der Waals surface area contributed by atoms with Gasteiger partial charge in [-0.15, -0.1) is 11.6 Å². The second-order valence-corrected chi connectivity index (χ2v) is 6.39. The van der Waals surface area contributed by atoms with Gasteiger partial charge in [-0.25, -0.2) is 0 Å². The second kappa shape index (κ2) is 2.31. The second-order valence-electron chi connectivity index (χ2n) is 5.59. The molecule has 0 N–H and O–H groups in total. The van der Waals surface area contributed by atoms with Gasteiger partial charge in [-0.05, 0) is 50.4 Å². The molecule has 0 saturated heterocycles. The predicted molar refractivity (Wildman–Crippen MR) is 51.8 cm³/mol. The minimum Gasteiger partial charge on any atom is -0.303 e. The van der Waals surface area contributed by atoms with E-state index in [9.17, 15) is 4.79 Å². The molecule has 4 bridgehead atoms. The van der Waals surface area contributed by atoms with Crippen LogP contribution in [0.2, 0.25) is 0 Å². The maximum absolute atomic E-state index is 11.1. The van der Waals surface area contributed by atoms with Crippen molar-refractivity contribution in [3.05, 3.63) is 0 Å². The lowest BCUT2D eigenvalue weighted by Gasteiger charge is -2.58. The first-order chi connectivity index (χ1) is 6.13. The zero-order chi connectivity index (χ0) is 9.10. The van der Waals surface area contributed by atoms with Crippen LogP contribution < -0.4 is 0 Å². The van der Waals surface area contributed by atoms with Crippen molar-refractivity contribution in [2.24, 2.45) is 17.3 Å². The number of hydrogen-bond donors (Lipinski definition) is 0. The summed E-state index contributed by atoms with van der Waals surface area (Å²) in [5, 5.41) is 0. The molecule has 4 saturated carbocycles. The first-order valence-corrected chi connectivity index (χ1v) is 5.66. The molecule has 1 nitrogen and oxygen atoms in total. The van der Waals surface area contributed by atoms with E-state index in [4.69, 9.17) is 11.6 Å². The summed E-state index contributed by atoms with van der Waals surface area (Å²) in [5.74, 6) is 1.51. The number of hydrogen-bond acceptors (Lipinski definition) is 1. The fourth-order valence-corrected chi connectivity index (χ4v) is 5.06. The largest absolute Gasteiger partial charge is 0.303 e. The van der Waals surface area contributed by atoms with Gasteiger partial charge in [0.05, 0.1) is 0 Å². The molecule has 0 aromatic heterocycles. The lowest BCUT2D eigenvalue weighted by Crippen LogP contribution is -2.53. The molecule has 0 heterocycles. The highest BCUT2D eigenvalue weighted by Gasteiger charge is 2.57. The molecule has 72 valence electrons. The van der Waals surface area contributed by atoms with Crippen molar-refractivity contribution in [2.75, 3.05) is 0 Å². The van der Waals surface area contributed by atoms with Crippen LogP contribution in [0, 0.1) is 17.3 Å². The highest BCUT2D eigenvalue weighted by Crippen LogP contribution is 2.62. The van der Waals surface area contributed by atoms with Crippen LogP contribution in [0.4, 0.5) is 0 Å². The fourth-order valence-electron chi connectivity index (χ4n) is 4.36. The Morgan fingerprint density at radius 3 is 2.23 bits per heavy atom. The van der Waals surface area contributed by atoms with E-state index in [1.165, 1.54) is 25.5 Å². The summed E-state index contributed by atoms with van der Waals surface area (Å²) in [6.45, 7) is 0. The maximum atomic E-state index is 11.1. The third kappa shape index (κ3) is 1.09. The minimum atomic E-state index is -0.00810. The van der Waals surface area contributed by atoms with Gasteiger partial charge in [0.1, 0.15) is 6.29 Å². The molecule has 2 atom stereocenters. The number of carbonyl (C=O) groups is 1. The predicted octanol–water partition coefficient (Wildman–Crippen LogP) is 2.76. The first kappa shape index (κ1) is 8.28. The summed E-state index contributed by atoms with van der Waals surface area (Å²) < 4.78 is 0. The summed E-state index contributed by atoms with van der Waals surface area (Å²) in [6.07, 6.45) is 8.09. The Hall–Kier alpha value is -0.0400. The minimum absolute atomic E-state index is 0.00495. The summed E-state index contributed by atoms with van der Waals surface area (Å²) in [4.78, 5) is 11.1. The van der Waals surface area contributed by atoms with Crippen molar-refractivity contribution in [2.45, 2.75) is 43.4 Å². The van der Waals surface area contributed by atoms with Crippen molar-refractivity contribution < 1.29 is 4.79 Å². The van der Waals surface area contributed by atoms with Crippen LogP contribution in [-0.2, 0) is 4.79 Å². The topological polar surface area (TPSA) is 17.1 Å². The zero-order valence-corrected chi connectivity index (χ0v) is 8.52. The number of halogens is 1. The summed E-state index contributed by atoms with van der Waals surface area (Å²) in [6, 6.07) is 0. The third-order valence-electron chi connectivity index (χ3n) is 4.28. The van der Waals surface area contributed by atoms with Crippen molar-refractivity contribution in [3.8, 4) is 0 Å². The molecule has 4 aliphatic carbocycles. The summed E-state index contributed by atoms with van der Waals surface area (Å²) in [7, 11) is 0. The van der Waals surface area contributed by atoms with Crippen molar-refractivity contribution >= 4 is 17.9 Å². The standard InChI is InChI=1S/C11H15ClO/c12-11-4-8-1-9(5-11)3-10(2-8,6-11)7-13/h7-9H,1-6H2. The van der Waals surface area contributed by atoms with E-state index < -0.39 is 0 Å². The van der Waals surface area contributed by atoms with E-state index in [2.05, 4.69) is 0 Å². The monoisotopic (exact) mass is 198 g/mol. The SMILES string of the molecule is O=CC12CC3CC(CC(Cl)(C3)C1)C2. The van der Waals surface area contributed by atoms with Gasteiger partial charge in [0.25, 0.3) is 0 Å². The normalized spacial score (nSPS) is 58.2. The van der Waals surface area contributed by atoms with Gasteiger partial charge in [0, 0.05) is 10.3 Å². The first-order valence-electron chi connectivity index (χ1n) is 5.28. The maximum Gasteiger partial charge on any atom is 0.126 e. The van der Waals surface area contributed by atoms with Crippen LogP contribution in [0.5, 0.6) is 0 Å². The van der Waals surface area contributed by atoms with Gasteiger partial charge in [-0.2, -0.15) is 0 Å². The fraction of sp³-hybridized carbons (Fsp3) is 0.909. The summed E-state index contributed by atoms with van der Waals surface area (Å²) in [5.41, 5.74) is -0.00810. The van der Waals surface area contributed by atoms with Crippen LogP contribution in [0.25, 0.3) is 0 Å². The zero-order valence-electron chi connectivity index (χ0n) is 7.76. The van der Waals surface area contributed by atoms with E-state index in [1.807, 2.05) is 0 Å². The molecule has 13 heavy (non-hydrogen) atoms. The Balaban J connectivity index is 2.00. The smallest absolute Gasteiger partial charge is 0.126 e. The van der Waals surface area contributed by atoms with Crippen LogP contribution in [0.1, 0.15) is 38.5 Å². The molecule has 4 fully saturated rings. The average molecular weight is 199 g/mol. The molecule has 4 rings (SSSR count). The summed E-state index contributed by atoms with van der Waals surface area (Å²) >= 11 is 6.54. The van der Waals surface area contributed by atoms with Gasteiger partial charge in [0.15, 0.2) is 0 Å². The van der Waals surface area contributed by atoms with Gasteiger partial charge in [0.2, 0.25) is 0 Å². The molecule has 0 aromatic carbocycles. The Morgan fingerprint density at radius 2 is 1.77 bits per heavy atom. The molecular formula is C11H15ClO. The van der Waals surface area contributed by atoms with E-state index in [-0.39, 0.29) is 10.3 Å². The van der Waals surface area contributed by atoms with Crippen molar-refractivity contribution in [3.63, 3.8) is 0 Å². The number of alkyl halides is 1. The molecule has 4 aliphatic rings. The van der Waals surface area contributed by atoms with Crippen molar-refractivity contribution in [1.82, 2.24) is 0 Å². The van der Waals surface area contributed by atoms with Crippen molar-refractivity contribution in [1.29, 1.82) is 0 Å². The van der Waals surface area contributed by atoms with Crippen LogP contribution in [0.15, 0.2) is 0 Å². The van der Waals surface area contributed by atoms with Gasteiger partial charge < -0.3 is 4.79 Å². The molecular weight excluding hydrogens is 184 g/mol. The highest BCUT2D eigenvalue weighted by atomic mass is 35.5. The van der Waals surface area contributed by atoms with E-state index >= 15 is 0 Å². The molecule has 0 amide bonds. The van der Waals surface area contributed by atoms with E-state index in [0.717, 1.165) is 31.1 Å². The lowest BCUT2D eigenvalue weighted by atomic mass is 9.50. The third-order valence-corrected chi connectivity index (χ3v) is 4.73. The average Bonchev–Trinajstić information content (AvgIpc) is 1.99. The molecule has 0 aliphatic heterocycles.